The van der Waals surface area contributed by atoms with Crippen LogP contribution in [0.1, 0.15) is 67.1 Å². The van der Waals surface area contributed by atoms with Crippen LogP contribution < -0.4 is 0 Å². The first-order valence-electron chi connectivity index (χ1n) is 9.05. The van der Waals surface area contributed by atoms with Crippen LogP contribution in [0.2, 0.25) is 0 Å². The predicted molar refractivity (Wildman–Crippen MR) is 98.2 cm³/mol. The standard InChI is InChI=1S/C21H26N2O3/c1-11-7-12(2)17(13(3)8-11)18-15(24)9-14(19(18)25)10-16-22-20(26-23-16)21(4,5)6/h7-8,14,18H,9-10H2,1-6H3. The van der Waals surface area contributed by atoms with Gasteiger partial charge in [-0.25, -0.2) is 0 Å². The lowest BCUT2D eigenvalue weighted by atomic mass is 9.86. The molecule has 1 fully saturated rings. The van der Waals surface area contributed by atoms with Gasteiger partial charge in [0.25, 0.3) is 0 Å². The van der Waals surface area contributed by atoms with Crippen LogP contribution in [0, 0.1) is 26.7 Å². The molecule has 1 aromatic carbocycles. The molecular weight excluding hydrogens is 328 g/mol. The molecule has 1 aromatic heterocycles. The van der Waals surface area contributed by atoms with Gasteiger partial charge in [-0.2, -0.15) is 4.98 Å². The third kappa shape index (κ3) is 3.35. The molecule has 26 heavy (non-hydrogen) atoms. The van der Waals surface area contributed by atoms with E-state index in [-0.39, 0.29) is 29.3 Å². The summed E-state index contributed by atoms with van der Waals surface area (Å²) in [5.41, 5.74) is 3.78. The van der Waals surface area contributed by atoms with Crippen molar-refractivity contribution in [3.05, 3.63) is 46.1 Å². The lowest BCUT2D eigenvalue weighted by Gasteiger charge is -2.16. The lowest BCUT2D eigenvalue weighted by molar-refractivity contribution is -0.124. The Labute approximate surface area is 154 Å². The van der Waals surface area contributed by atoms with Gasteiger partial charge in [-0.05, 0) is 37.5 Å². The molecule has 138 valence electrons. The highest BCUT2D eigenvalue weighted by atomic mass is 16.5. The second kappa shape index (κ2) is 6.45. The number of benzene rings is 1. The fourth-order valence-corrected chi connectivity index (χ4v) is 3.84. The number of Topliss-reactive ketones (excluding diaryl/α,β-unsaturated/α-hetero) is 2. The third-order valence-corrected chi connectivity index (χ3v) is 5.02. The van der Waals surface area contributed by atoms with E-state index in [1.54, 1.807) is 0 Å². The number of carbonyl (C=O) groups excluding carboxylic acids is 2. The van der Waals surface area contributed by atoms with E-state index in [9.17, 15) is 9.59 Å². The lowest BCUT2D eigenvalue weighted by Crippen LogP contribution is -2.19. The predicted octanol–water partition coefficient (Wildman–Crippen LogP) is 3.78. The van der Waals surface area contributed by atoms with Crippen molar-refractivity contribution in [1.82, 2.24) is 10.1 Å². The summed E-state index contributed by atoms with van der Waals surface area (Å²) < 4.78 is 5.31. The van der Waals surface area contributed by atoms with Gasteiger partial charge in [0.1, 0.15) is 11.7 Å². The van der Waals surface area contributed by atoms with E-state index in [1.807, 2.05) is 53.7 Å². The van der Waals surface area contributed by atoms with Gasteiger partial charge < -0.3 is 4.52 Å². The van der Waals surface area contributed by atoms with E-state index in [0.717, 1.165) is 22.3 Å². The van der Waals surface area contributed by atoms with Crippen LogP contribution >= 0.6 is 0 Å². The highest BCUT2D eigenvalue weighted by Gasteiger charge is 2.43. The molecule has 2 unspecified atom stereocenters. The maximum Gasteiger partial charge on any atom is 0.232 e. The summed E-state index contributed by atoms with van der Waals surface area (Å²) >= 11 is 0. The average molecular weight is 354 g/mol. The summed E-state index contributed by atoms with van der Waals surface area (Å²) in [4.78, 5) is 30.1. The molecule has 2 aromatic rings. The molecule has 0 amide bonds. The van der Waals surface area contributed by atoms with E-state index in [4.69, 9.17) is 4.52 Å². The van der Waals surface area contributed by atoms with Gasteiger partial charge in [0.15, 0.2) is 11.6 Å². The van der Waals surface area contributed by atoms with Crippen molar-refractivity contribution in [3.8, 4) is 0 Å². The molecule has 1 aliphatic rings. The van der Waals surface area contributed by atoms with Crippen molar-refractivity contribution in [2.75, 3.05) is 0 Å². The second-order valence-electron chi connectivity index (χ2n) is 8.49. The van der Waals surface area contributed by atoms with Crippen LogP contribution in [0.15, 0.2) is 16.7 Å². The Morgan fingerprint density at radius 3 is 2.27 bits per heavy atom. The Balaban J connectivity index is 1.85. The highest BCUT2D eigenvalue weighted by Crippen LogP contribution is 2.37. The van der Waals surface area contributed by atoms with Crippen LogP contribution in [0.5, 0.6) is 0 Å². The Hall–Kier alpha value is -2.30. The molecule has 0 N–H and O–H groups in total. The maximum atomic E-state index is 13.0. The SMILES string of the molecule is Cc1cc(C)c(C2C(=O)CC(Cc3noc(C(C)(C)C)n3)C2=O)c(C)c1. The first kappa shape index (κ1) is 18.5. The number of hydrogen-bond acceptors (Lipinski definition) is 5. The highest BCUT2D eigenvalue weighted by molar-refractivity contribution is 6.15. The van der Waals surface area contributed by atoms with E-state index < -0.39 is 5.92 Å². The summed E-state index contributed by atoms with van der Waals surface area (Å²) in [5, 5.41) is 4.00. The molecule has 0 spiro atoms. The quantitative estimate of drug-likeness (QED) is 0.784. The fraction of sp³-hybridized carbons (Fsp3) is 0.524. The van der Waals surface area contributed by atoms with Crippen molar-refractivity contribution < 1.29 is 14.1 Å². The number of ketones is 2. The van der Waals surface area contributed by atoms with Crippen LogP contribution in [0.4, 0.5) is 0 Å². The van der Waals surface area contributed by atoms with Crippen LogP contribution in [0.3, 0.4) is 0 Å². The molecular formula is C21H26N2O3. The zero-order chi connectivity index (χ0) is 19.2. The minimum atomic E-state index is -0.658. The Morgan fingerprint density at radius 1 is 1.12 bits per heavy atom. The van der Waals surface area contributed by atoms with E-state index in [2.05, 4.69) is 10.1 Å². The molecule has 2 atom stereocenters. The number of hydrogen-bond donors (Lipinski definition) is 0. The maximum absolute atomic E-state index is 13.0. The minimum absolute atomic E-state index is 0.00501. The summed E-state index contributed by atoms with van der Waals surface area (Å²) in [6.07, 6.45) is 0.597. The van der Waals surface area contributed by atoms with Crippen molar-refractivity contribution in [2.24, 2.45) is 5.92 Å². The molecule has 3 rings (SSSR count). The molecule has 5 nitrogen and oxygen atoms in total. The van der Waals surface area contributed by atoms with Crippen molar-refractivity contribution in [1.29, 1.82) is 0 Å². The molecule has 0 aliphatic heterocycles. The van der Waals surface area contributed by atoms with Gasteiger partial charge in [-0.3, -0.25) is 9.59 Å². The molecule has 0 saturated heterocycles. The van der Waals surface area contributed by atoms with Crippen LogP contribution in [-0.4, -0.2) is 21.7 Å². The molecule has 1 saturated carbocycles. The van der Waals surface area contributed by atoms with Crippen molar-refractivity contribution >= 4 is 11.6 Å². The smallest absolute Gasteiger partial charge is 0.232 e. The zero-order valence-electron chi connectivity index (χ0n) is 16.3. The largest absolute Gasteiger partial charge is 0.339 e. The summed E-state index contributed by atoms with van der Waals surface area (Å²) in [7, 11) is 0. The third-order valence-electron chi connectivity index (χ3n) is 5.02. The first-order chi connectivity index (χ1) is 12.1. The summed E-state index contributed by atoms with van der Waals surface area (Å²) in [5.74, 6) is -0.0144. The van der Waals surface area contributed by atoms with E-state index in [1.165, 1.54) is 0 Å². The zero-order valence-corrected chi connectivity index (χ0v) is 16.3. The number of rotatable bonds is 3. The Kier molecular flexibility index (Phi) is 4.59. The fourth-order valence-electron chi connectivity index (χ4n) is 3.84. The summed E-state index contributed by atoms with van der Waals surface area (Å²) in [6.45, 7) is 11.9. The topological polar surface area (TPSA) is 73.1 Å². The molecule has 1 heterocycles. The van der Waals surface area contributed by atoms with Gasteiger partial charge in [-0.1, -0.05) is 43.6 Å². The van der Waals surface area contributed by atoms with Crippen LogP contribution in [-0.2, 0) is 21.4 Å². The number of nitrogens with zero attached hydrogens (tertiary/aromatic N) is 2. The monoisotopic (exact) mass is 354 g/mol. The molecule has 0 radical (unpaired) electrons. The average Bonchev–Trinajstić information content (AvgIpc) is 3.07. The van der Waals surface area contributed by atoms with Gasteiger partial charge in [-0.15, -0.1) is 0 Å². The molecule has 0 bridgehead atoms. The number of aryl methyl sites for hydroxylation is 3. The van der Waals surface area contributed by atoms with Gasteiger partial charge in [0, 0.05) is 24.2 Å². The van der Waals surface area contributed by atoms with Gasteiger partial charge >= 0.3 is 0 Å². The number of aromatic nitrogens is 2. The molecule has 5 heteroatoms. The molecule has 1 aliphatic carbocycles. The van der Waals surface area contributed by atoms with E-state index >= 15 is 0 Å². The van der Waals surface area contributed by atoms with Gasteiger partial charge in [0.2, 0.25) is 5.89 Å². The van der Waals surface area contributed by atoms with E-state index in [0.29, 0.717) is 18.1 Å². The normalized spacial score (nSPS) is 20.8. The van der Waals surface area contributed by atoms with Crippen LogP contribution in [0.25, 0.3) is 0 Å². The second-order valence-corrected chi connectivity index (χ2v) is 8.49. The van der Waals surface area contributed by atoms with Gasteiger partial charge in [0.05, 0.1) is 0 Å². The van der Waals surface area contributed by atoms with Crippen molar-refractivity contribution in [3.63, 3.8) is 0 Å². The summed E-state index contributed by atoms with van der Waals surface area (Å²) in [6, 6.07) is 4.07. The van der Waals surface area contributed by atoms with Crippen molar-refractivity contribution in [2.45, 2.75) is 65.7 Å². The minimum Gasteiger partial charge on any atom is -0.339 e. The first-order valence-corrected chi connectivity index (χ1v) is 9.05. The Morgan fingerprint density at radius 2 is 1.73 bits per heavy atom. The Bertz CT molecular complexity index is 851. The number of carbonyl (C=O) groups is 2.